The fraction of sp³-hybridized carbons (Fsp3) is 0.292. The molecule has 0 aromatic carbocycles. The van der Waals surface area contributed by atoms with Crippen molar-refractivity contribution >= 4 is 17.2 Å². The predicted octanol–water partition coefficient (Wildman–Crippen LogP) is 2.57. The molecule has 9 nitrogen and oxygen atoms in total. The number of piperazine rings is 1. The van der Waals surface area contributed by atoms with E-state index in [0.29, 0.717) is 16.9 Å². The van der Waals surface area contributed by atoms with Gasteiger partial charge in [-0.25, -0.2) is 0 Å². The molecule has 1 N–H and O–H groups in total. The minimum atomic E-state index is -0.198. The van der Waals surface area contributed by atoms with Crippen LogP contribution >= 0.6 is 0 Å². The van der Waals surface area contributed by atoms with Gasteiger partial charge < -0.3 is 5.32 Å². The highest BCUT2D eigenvalue weighted by atomic mass is 16.1. The Morgan fingerprint density at radius 3 is 2.79 bits per heavy atom. The van der Waals surface area contributed by atoms with Crippen LogP contribution in [0.15, 0.2) is 61.1 Å². The van der Waals surface area contributed by atoms with Gasteiger partial charge in [0.15, 0.2) is 11.5 Å². The maximum atomic E-state index is 12.9. The number of nitrogens with one attached hydrogen (secondary N) is 1. The summed E-state index contributed by atoms with van der Waals surface area (Å²) < 4.78 is 1.92. The molecule has 0 unspecified atom stereocenters. The van der Waals surface area contributed by atoms with Crippen LogP contribution in [-0.4, -0.2) is 67.0 Å². The van der Waals surface area contributed by atoms with E-state index in [1.165, 1.54) is 0 Å². The highest BCUT2D eigenvalue weighted by Crippen LogP contribution is 2.24. The minimum absolute atomic E-state index is 0.0528. The summed E-state index contributed by atoms with van der Waals surface area (Å²) in [6.07, 6.45) is 5.30. The van der Waals surface area contributed by atoms with Crippen molar-refractivity contribution in [3.8, 4) is 0 Å². The molecule has 0 saturated carbocycles. The summed E-state index contributed by atoms with van der Waals surface area (Å²) in [6.45, 7) is 5.37. The third kappa shape index (κ3) is 4.59. The lowest BCUT2D eigenvalue weighted by atomic mass is 10.1. The quantitative estimate of drug-likeness (QED) is 0.508. The smallest absolute Gasteiger partial charge is 0.257 e. The van der Waals surface area contributed by atoms with Crippen molar-refractivity contribution < 1.29 is 4.79 Å². The van der Waals surface area contributed by atoms with Gasteiger partial charge in [-0.15, -0.1) is 10.2 Å². The highest BCUT2D eigenvalue weighted by molar-refractivity contribution is 6.04. The van der Waals surface area contributed by atoms with Crippen molar-refractivity contribution in [1.29, 1.82) is 0 Å². The Balaban J connectivity index is 1.38. The number of carbonyl (C=O) groups is 1. The summed E-state index contributed by atoms with van der Waals surface area (Å²) in [6, 6.07) is 13.4. The first-order valence-corrected chi connectivity index (χ1v) is 11.0. The number of aryl methyl sites for hydroxylation is 1. The number of hydrogen-bond donors (Lipinski definition) is 1. The molecule has 1 amide bonds. The molecule has 0 bridgehead atoms. The zero-order valence-corrected chi connectivity index (χ0v) is 18.7. The second-order valence-corrected chi connectivity index (χ2v) is 8.40. The summed E-state index contributed by atoms with van der Waals surface area (Å²) in [4.78, 5) is 26.2. The number of aromatic nitrogens is 5. The van der Waals surface area contributed by atoms with Crippen LogP contribution < -0.4 is 5.32 Å². The van der Waals surface area contributed by atoms with Gasteiger partial charge in [0, 0.05) is 44.3 Å². The van der Waals surface area contributed by atoms with Crippen molar-refractivity contribution in [2.45, 2.75) is 19.5 Å². The number of hydrogen-bond acceptors (Lipinski definition) is 7. The molecule has 1 atom stereocenters. The molecule has 33 heavy (non-hydrogen) atoms. The summed E-state index contributed by atoms with van der Waals surface area (Å²) in [5.74, 6) is 0.626. The first kappa shape index (κ1) is 21.2. The van der Waals surface area contributed by atoms with Crippen LogP contribution in [0.25, 0.3) is 5.65 Å². The maximum absolute atomic E-state index is 12.9. The molecule has 1 aliphatic rings. The van der Waals surface area contributed by atoms with E-state index in [0.717, 1.165) is 43.4 Å². The van der Waals surface area contributed by atoms with E-state index >= 15 is 0 Å². The summed E-state index contributed by atoms with van der Waals surface area (Å²) in [7, 11) is 2.10. The SMILES string of the molecule is Cc1ccc(NC(=O)c2ccc3nnc([C@H]4CN(Cc5ccccn5)CCN4C)n3c2)cn1. The fourth-order valence-electron chi connectivity index (χ4n) is 4.09. The molecule has 1 fully saturated rings. The van der Waals surface area contributed by atoms with E-state index in [-0.39, 0.29) is 11.9 Å². The van der Waals surface area contributed by atoms with Gasteiger partial charge in [-0.05, 0) is 50.4 Å². The molecule has 5 rings (SSSR count). The van der Waals surface area contributed by atoms with Crippen molar-refractivity contribution in [3.63, 3.8) is 0 Å². The first-order valence-electron chi connectivity index (χ1n) is 11.0. The van der Waals surface area contributed by atoms with Crippen LogP contribution in [0, 0.1) is 6.92 Å². The lowest BCUT2D eigenvalue weighted by molar-refractivity contribution is 0.0844. The van der Waals surface area contributed by atoms with E-state index in [1.54, 1.807) is 12.3 Å². The Morgan fingerprint density at radius 2 is 2.00 bits per heavy atom. The van der Waals surface area contributed by atoms with Crippen molar-refractivity contribution in [1.82, 2.24) is 34.4 Å². The van der Waals surface area contributed by atoms with Crippen molar-refractivity contribution in [2.24, 2.45) is 0 Å². The monoisotopic (exact) mass is 442 g/mol. The second-order valence-electron chi connectivity index (χ2n) is 8.40. The number of carbonyl (C=O) groups excluding carboxylic acids is 1. The van der Waals surface area contributed by atoms with Crippen LogP contribution in [-0.2, 0) is 6.54 Å². The maximum Gasteiger partial charge on any atom is 0.257 e. The molecule has 5 heterocycles. The third-order valence-electron chi connectivity index (χ3n) is 6.00. The van der Waals surface area contributed by atoms with Gasteiger partial charge in [-0.2, -0.15) is 0 Å². The molecule has 1 aliphatic heterocycles. The zero-order valence-electron chi connectivity index (χ0n) is 18.7. The average Bonchev–Trinajstić information content (AvgIpc) is 3.25. The van der Waals surface area contributed by atoms with E-state index < -0.39 is 0 Å². The van der Waals surface area contributed by atoms with Crippen LogP contribution in [0.5, 0.6) is 0 Å². The average molecular weight is 443 g/mol. The number of pyridine rings is 3. The number of nitrogens with zero attached hydrogens (tertiary/aromatic N) is 7. The zero-order chi connectivity index (χ0) is 22.8. The summed E-state index contributed by atoms with van der Waals surface area (Å²) in [5.41, 5.74) is 3.86. The minimum Gasteiger partial charge on any atom is -0.321 e. The van der Waals surface area contributed by atoms with Crippen LogP contribution in [0.1, 0.15) is 33.6 Å². The molecule has 4 aromatic heterocycles. The number of amides is 1. The highest BCUT2D eigenvalue weighted by Gasteiger charge is 2.29. The lowest BCUT2D eigenvalue weighted by Crippen LogP contribution is -2.46. The van der Waals surface area contributed by atoms with Crippen LogP contribution in [0.3, 0.4) is 0 Å². The first-order chi connectivity index (χ1) is 16.1. The van der Waals surface area contributed by atoms with E-state index in [1.807, 2.05) is 60.1 Å². The van der Waals surface area contributed by atoms with Crippen molar-refractivity contribution in [2.75, 3.05) is 32.0 Å². The lowest BCUT2D eigenvalue weighted by Gasteiger charge is -2.38. The molecular weight excluding hydrogens is 416 g/mol. The molecule has 9 heteroatoms. The Bertz CT molecular complexity index is 1250. The van der Waals surface area contributed by atoms with Gasteiger partial charge >= 0.3 is 0 Å². The molecule has 0 radical (unpaired) electrons. The van der Waals surface area contributed by atoms with Crippen LogP contribution in [0.2, 0.25) is 0 Å². The summed E-state index contributed by atoms with van der Waals surface area (Å²) >= 11 is 0. The Hall–Kier alpha value is -3.69. The van der Waals surface area contributed by atoms with E-state index in [4.69, 9.17) is 0 Å². The van der Waals surface area contributed by atoms with Gasteiger partial charge in [-0.3, -0.25) is 29.0 Å². The topological polar surface area (TPSA) is 91.5 Å². The molecule has 168 valence electrons. The number of likely N-dealkylation sites (N-methyl/N-ethyl adjacent to an activating group) is 1. The van der Waals surface area contributed by atoms with E-state index in [9.17, 15) is 4.79 Å². The van der Waals surface area contributed by atoms with Gasteiger partial charge in [-0.1, -0.05) is 6.07 Å². The largest absolute Gasteiger partial charge is 0.321 e. The molecule has 0 spiro atoms. The second kappa shape index (κ2) is 9.05. The van der Waals surface area contributed by atoms with Gasteiger partial charge in [0.25, 0.3) is 5.91 Å². The van der Waals surface area contributed by atoms with Gasteiger partial charge in [0.1, 0.15) is 0 Å². The third-order valence-corrected chi connectivity index (χ3v) is 6.00. The van der Waals surface area contributed by atoms with E-state index in [2.05, 4.69) is 42.3 Å². The summed E-state index contributed by atoms with van der Waals surface area (Å²) in [5, 5.41) is 11.7. The Labute approximate surface area is 192 Å². The Kier molecular flexibility index (Phi) is 5.80. The van der Waals surface area contributed by atoms with Crippen LogP contribution in [0.4, 0.5) is 5.69 Å². The Morgan fingerprint density at radius 1 is 1.09 bits per heavy atom. The predicted molar refractivity (Wildman–Crippen MR) is 125 cm³/mol. The number of rotatable bonds is 5. The van der Waals surface area contributed by atoms with Gasteiger partial charge in [0.05, 0.1) is 29.2 Å². The fourth-order valence-corrected chi connectivity index (χ4v) is 4.09. The number of fused-ring (bicyclic) bond motifs is 1. The normalized spacial score (nSPS) is 17.3. The standard InChI is InChI=1S/C24H26N8O/c1-17-6-8-19(13-26-17)27-24(33)18-7-9-22-28-29-23(32(22)14-18)21-16-31(12-11-30(21)2)15-20-5-3-4-10-25-20/h3-10,13-14,21H,11-12,15-16H2,1-2H3,(H,27,33)/t21-/m1/s1. The molecule has 1 saturated heterocycles. The molecule has 0 aliphatic carbocycles. The molecule has 4 aromatic rings. The van der Waals surface area contributed by atoms with Gasteiger partial charge in [0.2, 0.25) is 0 Å². The molecular formula is C24H26N8O. The van der Waals surface area contributed by atoms with Crippen molar-refractivity contribution in [3.05, 3.63) is 83.8 Å². The number of anilines is 1.